The van der Waals surface area contributed by atoms with Gasteiger partial charge in [0.05, 0.1) is 12.6 Å². The Morgan fingerprint density at radius 1 is 1.52 bits per heavy atom. The predicted octanol–water partition coefficient (Wildman–Crippen LogP) is 3.01. The molecule has 2 aromatic heterocycles. The molecule has 2 heterocycles. The fourth-order valence-corrected chi connectivity index (χ4v) is 3.24. The summed E-state index contributed by atoms with van der Waals surface area (Å²) in [5, 5.41) is 18.9. The van der Waals surface area contributed by atoms with Crippen LogP contribution in [0.2, 0.25) is 0 Å². The number of nitrogens with one attached hydrogen (secondary N) is 2. The van der Waals surface area contributed by atoms with Gasteiger partial charge in [0.15, 0.2) is 0 Å². The summed E-state index contributed by atoms with van der Waals surface area (Å²) < 4.78 is 5.44. The fraction of sp³-hybridized carbons (Fsp3) is 0.500. The molecule has 2 atom stereocenters. The zero-order valence-electron chi connectivity index (χ0n) is 13.8. The van der Waals surface area contributed by atoms with Crippen molar-refractivity contribution in [3.8, 4) is 0 Å². The molecule has 0 saturated heterocycles. The van der Waals surface area contributed by atoms with E-state index in [-0.39, 0.29) is 18.6 Å². The summed E-state index contributed by atoms with van der Waals surface area (Å²) >= 11 is 1.51. The number of urea groups is 1. The number of carbonyl (C=O) groups is 1. The van der Waals surface area contributed by atoms with Gasteiger partial charge in [-0.1, -0.05) is 6.92 Å². The Bertz CT molecular complexity index is 650. The van der Waals surface area contributed by atoms with Crippen LogP contribution >= 0.6 is 11.3 Å². The first kappa shape index (κ1) is 17.5. The van der Waals surface area contributed by atoms with Crippen molar-refractivity contribution < 1.29 is 14.3 Å². The molecule has 2 rings (SSSR count). The number of nitrogens with zero attached hydrogens (tertiary/aromatic N) is 1. The van der Waals surface area contributed by atoms with Gasteiger partial charge in [-0.25, -0.2) is 9.78 Å². The Hall–Kier alpha value is -1.86. The third-order valence-corrected chi connectivity index (χ3v) is 4.57. The summed E-state index contributed by atoms with van der Waals surface area (Å²) in [4.78, 5) is 16.3. The lowest BCUT2D eigenvalue weighted by atomic mass is 9.96. The minimum Gasteiger partial charge on any atom is -0.466 e. The number of aryl methyl sites for hydroxylation is 2. The molecule has 0 saturated carbocycles. The maximum atomic E-state index is 12.1. The summed E-state index contributed by atoms with van der Waals surface area (Å²) in [5.41, 5.74) is -0.510. The summed E-state index contributed by atoms with van der Waals surface area (Å²) in [6, 6.07) is 1.34. The van der Waals surface area contributed by atoms with Gasteiger partial charge in [0.1, 0.15) is 22.1 Å². The molecule has 126 valence electrons. The van der Waals surface area contributed by atoms with Crippen LogP contribution < -0.4 is 10.6 Å². The Balaban J connectivity index is 1.94. The van der Waals surface area contributed by atoms with Gasteiger partial charge in [-0.2, -0.15) is 0 Å². The Kier molecular flexibility index (Phi) is 5.43. The molecule has 2 aromatic rings. The van der Waals surface area contributed by atoms with Gasteiger partial charge < -0.3 is 20.2 Å². The molecule has 7 heteroatoms. The molecule has 3 N–H and O–H groups in total. The molecule has 6 nitrogen and oxygen atoms in total. The summed E-state index contributed by atoms with van der Waals surface area (Å²) in [6.07, 6.45) is 2.47. The van der Waals surface area contributed by atoms with Crippen LogP contribution in [0.5, 0.6) is 0 Å². The van der Waals surface area contributed by atoms with Crippen molar-refractivity contribution in [2.45, 2.75) is 45.8 Å². The van der Waals surface area contributed by atoms with Crippen molar-refractivity contribution >= 4 is 17.4 Å². The smallest absolute Gasteiger partial charge is 0.315 e. The van der Waals surface area contributed by atoms with Crippen LogP contribution in [0.25, 0.3) is 0 Å². The predicted molar refractivity (Wildman–Crippen MR) is 89.4 cm³/mol. The Labute approximate surface area is 139 Å². The van der Waals surface area contributed by atoms with Crippen LogP contribution in [0.1, 0.15) is 48.4 Å². The normalized spacial score (nSPS) is 15.0. The van der Waals surface area contributed by atoms with Crippen molar-refractivity contribution in [1.29, 1.82) is 0 Å². The maximum absolute atomic E-state index is 12.1. The molecular formula is C16H23N3O3S. The highest BCUT2D eigenvalue weighted by molar-refractivity contribution is 7.09. The number of hydrogen-bond acceptors (Lipinski definition) is 5. The van der Waals surface area contributed by atoms with Crippen LogP contribution in [-0.4, -0.2) is 22.7 Å². The van der Waals surface area contributed by atoms with Gasteiger partial charge in [-0.15, -0.1) is 11.3 Å². The SMILES string of the molecule is CC[C@@H](NC(=O)NC[C@@](C)(O)c1cc(C)oc1C)c1nccs1. The standard InChI is InChI=1S/C16H23N3O3S/c1-5-13(14-17-6-7-23-14)19-15(20)18-9-16(4,21)12-8-10(2)22-11(12)3/h6-8,13,21H,5,9H2,1-4H3,(H2,18,19,20)/t13-,16-/m1/s1. The van der Waals surface area contributed by atoms with E-state index < -0.39 is 5.60 Å². The molecular weight excluding hydrogens is 314 g/mol. The van der Waals surface area contributed by atoms with E-state index in [1.807, 2.05) is 19.2 Å². The van der Waals surface area contributed by atoms with E-state index in [9.17, 15) is 9.90 Å². The molecule has 0 radical (unpaired) electrons. The Morgan fingerprint density at radius 2 is 2.26 bits per heavy atom. The number of aromatic nitrogens is 1. The monoisotopic (exact) mass is 337 g/mol. The van der Waals surface area contributed by atoms with Gasteiger partial charge in [0.25, 0.3) is 0 Å². The highest BCUT2D eigenvalue weighted by Gasteiger charge is 2.28. The average Bonchev–Trinajstić information content (AvgIpc) is 3.12. The third-order valence-electron chi connectivity index (χ3n) is 3.68. The minimum absolute atomic E-state index is 0.0902. The van der Waals surface area contributed by atoms with Crippen molar-refractivity contribution in [3.63, 3.8) is 0 Å². The molecule has 0 unspecified atom stereocenters. The average molecular weight is 337 g/mol. The number of rotatable bonds is 6. The zero-order chi connectivity index (χ0) is 17.0. The van der Waals surface area contributed by atoms with Crippen LogP contribution in [0.15, 0.2) is 22.1 Å². The van der Waals surface area contributed by atoms with E-state index in [2.05, 4.69) is 15.6 Å². The lowest BCUT2D eigenvalue weighted by Gasteiger charge is -2.24. The van der Waals surface area contributed by atoms with Crippen molar-refractivity contribution in [2.24, 2.45) is 0 Å². The molecule has 0 spiro atoms. The van der Waals surface area contributed by atoms with E-state index in [4.69, 9.17) is 4.42 Å². The number of thiazole rings is 1. The number of hydrogen-bond donors (Lipinski definition) is 3. The van der Waals surface area contributed by atoms with E-state index >= 15 is 0 Å². The van der Waals surface area contributed by atoms with Crippen molar-refractivity contribution in [2.75, 3.05) is 6.54 Å². The summed E-state index contributed by atoms with van der Waals surface area (Å²) in [7, 11) is 0. The van der Waals surface area contributed by atoms with Gasteiger partial charge >= 0.3 is 6.03 Å². The first-order chi connectivity index (χ1) is 10.8. The second kappa shape index (κ2) is 7.14. The van der Waals surface area contributed by atoms with E-state index in [1.54, 1.807) is 26.1 Å². The van der Waals surface area contributed by atoms with Crippen molar-refractivity contribution in [1.82, 2.24) is 15.6 Å². The van der Waals surface area contributed by atoms with Crippen molar-refractivity contribution in [3.05, 3.63) is 39.7 Å². The molecule has 2 amide bonds. The lowest BCUT2D eigenvalue weighted by molar-refractivity contribution is 0.0577. The quantitative estimate of drug-likeness (QED) is 0.756. The summed E-state index contributed by atoms with van der Waals surface area (Å²) in [5.74, 6) is 1.39. The third kappa shape index (κ3) is 4.33. The number of carbonyl (C=O) groups excluding carboxylic acids is 1. The fourth-order valence-electron chi connectivity index (χ4n) is 2.47. The lowest BCUT2D eigenvalue weighted by Crippen LogP contribution is -2.44. The topological polar surface area (TPSA) is 87.4 Å². The highest BCUT2D eigenvalue weighted by atomic mass is 32.1. The molecule has 0 fully saturated rings. The van der Waals surface area contributed by atoms with Gasteiger partial charge in [0.2, 0.25) is 0 Å². The second-order valence-corrected chi connectivity index (χ2v) is 6.69. The largest absolute Gasteiger partial charge is 0.466 e. The molecule has 0 bridgehead atoms. The van der Waals surface area contributed by atoms with Crippen LogP contribution in [0, 0.1) is 13.8 Å². The zero-order valence-corrected chi connectivity index (χ0v) is 14.7. The highest BCUT2D eigenvalue weighted by Crippen LogP contribution is 2.26. The Morgan fingerprint density at radius 3 is 2.78 bits per heavy atom. The van der Waals surface area contributed by atoms with E-state index in [0.29, 0.717) is 11.3 Å². The second-order valence-electron chi connectivity index (χ2n) is 5.76. The number of amides is 2. The molecule has 0 aromatic carbocycles. The number of aliphatic hydroxyl groups is 1. The van der Waals surface area contributed by atoms with Crippen LogP contribution in [-0.2, 0) is 5.60 Å². The van der Waals surface area contributed by atoms with E-state index in [0.717, 1.165) is 17.2 Å². The van der Waals surface area contributed by atoms with Gasteiger partial charge in [-0.3, -0.25) is 0 Å². The van der Waals surface area contributed by atoms with Crippen LogP contribution in [0.3, 0.4) is 0 Å². The summed E-state index contributed by atoms with van der Waals surface area (Å²) in [6.45, 7) is 7.36. The molecule has 0 aliphatic heterocycles. The first-order valence-corrected chi connectivity index (χ1v) is 8.45. The molecule has 23 heavy (non-hydrogen) atoms. The molecule has 0 aliphatic rings. The first-order valence-electron chi connectivity index (χ1n) is 7.57. The van der Waals surface area contributed by atoms with E-state index in [1.165, 1.54) is 11.3 Å². The maximum Gasteiger partial charge on any atom is 0.315 e. The van der Waals surface area contributed by atoms with Crippen LogP contribution in [0.4, 0.5) is 4.79 Å². The number of furan rings is 1. The molecule has 0 aliphatic carbocycles. The van der Waals surface area contributed by atoms with Gasteiger partial charge in [0, 0.05) is 17.1 Å². The minimum atomic E-state index is -1.19. The van der Waals surface area contributed by atoms with Gasteiger partial charge in [-0.05, 0) is 33.3 Å².